The molecular formula is C13H21N3. The van der Waals surface area contributed by atoms with Crippen LogP contribution in [0.1, 0.15) is 38.2 Å². The van der Waals surface area contributed by atoms with Gasteiger partial charge in [0.25, 0.3) is 0 Å². The molecule has 1 aromatic rings. The Hall–Kier alpha value is -1.12. The van der Waals surface area contributed by atoms with Gasteiger partial charge in [-0.3, -0.25) is 0 Å². The van der Waals surface area contributed by atoms with E-state index in [0.717, 1.165) is 29.2 Å². The van der Waals surface area contributed by atoms with Crippen LogP contribution in [0.15, 0.2) is 6.07 Å². The average molecular weight is 219 g/mol. The van der Waals surface area contributed by atoms with Crippen LogP contribution in [0.3, 0.4) is 0 Å². The number of aromatic nitrogens is 2. The van der Waals surface area contributed by atoms with Gasteiger partial charge in [0.1, 0.15) is 11.6 Å². The molecule has 2 rings (SSSR count). The molecule has 0 spiro atoms. The van der Waals surface area contributed by atoms with E-state index in [4.69, 9.17) is 0 Å². The van der Waals surface area contributed by atoms with Crippen molar-refractivity contribution in [3.05, 3.63) is 17.6 Å². The summed E-state index contributed by atoms with van der Waals surface area (Å²) in [6.45, 7) is 8.62. The molecule has 3 unspecified atom stereocenters. The number of hydrogen-bond donors (Lipinski definition) is 1. The number of rotatable bonds is 2. The summed E-state index contributed by atoms with van der Waals surface area (Å²) in [4.78, 5) is 8.73. The van der Waals surface area contributed by atoms with E-state index in [0.29, 0.717) is 6.04 Å². The molecule has 0 aliphatic heterocycles. The van der Waals surface area contributed by atoms with Gasteiger partial charge in [-0.15, -0.1) is 0 Å². The molecule has 0 aromatic carbocycles. The van der Waals surface area contributed by atoms with E-state index in [1.807, 2.05) is 19.9 Å². The van der Waals surface area contributed by atoms with E-state index in [2.05, 4.69) is 29.1 Å². The normalized spacial score (nSPS) is 29.4. The number of hydrogen-bond acceptors (Lipinski definition) is 3. The minimum Gasteiger partial charge on any atom is -0.367 e. The fourth-order valence-corrected chi connectivity index (χ4v) is 2.55. The molecule has 88 valence electrons. The minimum atomic E-state index is 0.573. The first kappa shape index (κ1) is 11.4. The van der Waals surface area contributed by atoms with Gasteiger partial charge < -0.3 is 5.32 Å². The fourth-order valence-electron chi connectivity index (χ4n) is 2.55. The van der Waals surface area contributed by atoms with Crippen LogP contribution in [0.4, 0.5) is 5.82 Å². The molecule has 1 N–H and O–H groups in total. The Labute approximate surface area is 97.7 Å². The second kappa shape index (κ2) is 4.40. The van der Waals surface area contributed by atoms with E-state index in [1.54, 1.807) is 0 Å². The number of anilines is 1. The first-order valence-electron chi connectivity index (χ1n) is 6.15. The molecule has 3 nitrogen and oxygen atoms in total. The van der Waals surface area contributed by atoms with Gasteiger partial charge in [-0.25, -0.2) is 9.97 Å². The molecule has 1 aromatic heterocycles. The predicted molar refractivity (Wildman–Crippen MR) is 66.5 cm³/mol. The second-order valence-electron chi connectivity index (χ2n) is 5.11. The maximum atomic E-state index is 4.43. The smallest absolute Gasteiger partial charge is 0.130 e. The van der Waals surface area contributed by atoms with Crippen molar-refractivity contribution in [3.8, 4) is 0 Å². The maximum Gasteiger partial charge on any atom is 0.130 e. The van der Waals surface area contributed by atoms with Crippen LogP contribution in [0.5, 0.6) is 0 Å². The van der Waals surface area contributed by atoms with Gasteiger partial charge in [0.15, 0.2) is 0 Å². The van der Waals surface area contributed by atoms with Gasteiger partial charge in [-0.1, -0.05) is 13.8 Å². The van der Waals surface area contributed by atoms with E-state index in [9.17, 15) is 0 Å². The third-order valence-corrected chi connectivity index (χ3v) is 3.76. The standard InChI is InChI=1S/C13H21N3/c1-8-5-6-12(10(8)3)16-13-7-9(2)14-11(4)15-13/h7-8,10,12H,5-6H2,1-4H3,(H,14,15,16). The van der Waals surface area contributed by atoms with Crippen molar-refractivity contribution in [2.75, 3.05) is 5.32 Å². The van der Waals surface area contributed by atoms with Crippen molar-refractivity contribution in [1.82, 2.24) is 9.97 Å². The molecule has 3 atom stereocenters. The van der Waals surface area contributed by atoms with Crippen molar-refractivity contribution >= 4 is 5.82 Å². The zero-order chi connectivity index (χ0) is 11.7. The van der Waals surface area contributed by atoms with Crippen molar-refractivity contribution in [2.24, 2.45) is 11.8 Å². The predicted octanol–water partition coefficient (Wildman–Crippen LogP) is 2.94. The molecule has 1 aliphatic rings. The number of aryl methyl sites for hydroxylation is 2. The molecule has 0 bridgehead atoms. The Morgan fingerprint density at radius 1 is 1.19 bits per heavy atom. The summed E-state index contributed by atoms with van der Waals surface area (Å²) in [7, 11) is 0. The maximum absolute atomic E-state index is 4.43. The van der Waals surface area contributed by atoms with Gasteiger partial charge >= 0.3 is 0 Å². The molecule has 1 fully saturated rings. The Kier molecular flexibility index (Phi) is 3.13. The van der Waals surface area contributed by atoms with E-state index >= 15 is 0 Å². The number of nitrogens with zero attached hydrogens (tertiary/aromatic N) is 2. The highest BCUT2D eigenvalue weighted by Gasteiger charge is 2.29. The quantitative estimate of drug-likeness (QED) is 0.831. The monoisotopic (exact) mass is 219 g/mol. The lowest BCUT2D eigenvalue weighted by molar-refractivity contribution is 0.435. The summed E-state index contributed by atoms with van der Waals surface area (Å²) in [6.07, 6.45) is 2.58. The molecule has 16 heavy (non-hydrogen) atoms. The fraction of sp³-hybridized carbons (Fsp3) is 0.692. The Morgan fingerprint density at radius 3 is 2.50 bits per heavy atom. The molecule has 1 heterocycles. The van der Waals surface area contributed by atoms with E-state index < -0.39 is 0 Å². The SMILES string of the molecule is Cc1cc(NC2CCC(C)C2C)nc(C)n1. The van der Waals surface area contributed by atoms with Crippen molar-refractivity contribution in [1.29, 1.82) is 0 Å². The summed E-state index contributed by atoms with van der Waals surface area (Å²) in [6, 6.07) is 2.60. The highest BCUT2D eigenvalue weighted by atomic mass is 15.1. The third kappa shape index (κ3) is 2.34. The highest BCUT2D eigenvalue weighted by Crippen LogP contribution is 2.32. The lowest BCUT2D eigenvalue weighted by Gasteiger charge is -2.20. The van der Waals surface area contributed by atoms with Crippen molar-refractivity contribution in [3.63, 3.8) is 0 Å². The summed E-state index contributed by atoms with van der Waals surface area (Å²) in [5.41, 5.74) is 1.04. The Bertz CT molecular complexity index is 355. The zero-order valence-electron chi connectivity index (χ0n) is 10.6. The highest BCUT2D eigenvalue weighted by molar-refractivity contribution is 5.37. The van der Waals surface area contributed by atoms with E-state index in [-0.39, 0.29) is 0 Å². The average Bonchev–Trinajstić information content (AvgIpc) is 2.48. The topological polar surface area (TPSA) is 37.8 Å². The molecule has 1 aliphatic carbocycles. The van der Waals surface area contributed by atoms with Gasteiger partial charge in [-0.05, 0) is 38.5 Å². The molecule has 0 radical (unpaired) electrons. The summed E-state index contributed by atoms with van der Waals surface area (Å²) < 4.78 is 0. The zero-order valence-corrected chi connectivity index (χ0v) is 10.6. The largest absolute Gasteiger partial charge is 0.367 e. The van der Waals surface area contributed by atoms with Crippen molar-refractivity contribution in [2.45, 2.75) is 46.6 Å². The van der Waals surface area contributed by atoms with Crippen LogP contribution in [-0.2, 0) is 0 Å². The molecule has 3 heteroatoms. The van der Waals surface area contributed by atoms with Gasteiger partial charge in [0.05, 0.1) is 0 Å². The first-order chi connectivity index (χ1) is 7.56. The number of nitrogens with one attached hydrogen (secondary N) is 1. The first-order valence-corrected chi connectivity index (χ1v) is 6.15. The Balaban J connectivity index is 2.09. The van der Waals surface area contributed by atoms with Crippen LogP contribution in [-0.4, -0.2) is 16.0 Å². The third-order valence-electron chi connectivity index (χ3n) is 3.76. The summed E-state index contributed by atoms with van der Waals surface area (Å²) in [5.74, 6) is 3.38. The summed E-state index contributed by atoms with van der Waals surface area (Å²) >= 11 is 0. The molecule has 1 saturated carbocycles. The van der Waals surface area contributed by atoms with Gasteiger partial charge in [0, 0.05) is 17.8 Å². The van der Waals surface area contributed by atoms with E-state index in [1.165, 1.54) is 12.8 Å². The van der Waals surface area contributed by atoms with Crippen LogP contribution >= 0.6 is 0 Å². The minimum absolute atomic E-state index is 0.573. The molecule has 0 amide bonds. The Morgan fingerprint density at radius 2 is 1.94 bits per heavy atom. The second-order valence-corrected chi connectivity index (χ2v) is 5.11. The lowest BCUT2D eigenvalue weighted by atomic mass is 9.98. The van der Waals surface area contributed by atoms with Crippen LogP contribution < -0.4 is 5.32 Å². The molecular weight excluding hydrogens is 198 g/mol. The van der Waals surface area contributed by atoms with Crippen LogP contribution in [0, 0.1) is 25.7 Å². The van der Waals surface area contributed by atoms with Gasteiger partial charge in [-0.2, -0.15) is 0 Å². The van der Waals surface area contributed by atoms with Gasteiger partial charge in [0.2, 0.25) is 0 Å². The lowest BCUT2D eigenvalue weighted by Crippen LogP contribution is -2.24. The van der Waals surface area contributed by atoms with Crippen LogP contribution in [0.25, 0.3) is 0 Å². The van der Waals surface area contributed by atoms with Crippen LogP contribution in [0.2, 0.25) is 0 Å². The summed E-state index contributed by atoms with van der Waals surface area (Å²) in [5, 5.41) is 3.55. The van der Waals surface area contributed by atoms with Crippen molar-refractivity contribution < 1.29 is 0 Å². The molecule has 0 saturated heterocycles.